The van der Waals surface area contributed by atoms with Crippen molar-refractivity contribution < 1.29 is 17.9 Å². The number of hydrogen-bond acceptors (Lipinski definition) is 4. The monoisotopic (exact) mass is 376 g/mol. The molecule has 2 aromatic rings. The number of hydrogen-bond donors (Lipinski definition) is 2. The van der Waals surface area contributed by atoms with Crippen LogP contribution in [0.3, 0.4) is 0 Å². The number of rotatable bonds is 7. The molecule has 140 valence electrons. The molecule has 0 unspecified atom stereocenters. The van der Waals surface area contributed by atoms with Crippen LogP contribution >= 0.6 is 0 Å². The highest BCUT2D eigenvalue weighted by atomic mass is 32.2. The van der Waals surface area contributed by atoms with E-state index in [-0.39, 0.29) is 23.8 Å². The number of carbonyl (C=O) groups excluding carboxylic acids is 1. The molecule has 0 atom stereocenters. The van der Waals surface area contributed by atoms with Gasteiger partial charge in [0.1, 0.15) is 5.75 Å². The van der Waals surface area contributed by atoms with E-state index in [1.54, 1.807) is 19.1 Å². The van der Waals surface area contributed by atoms with Crippen LogP contribution in [-0.2, 0) is 14.8 Å². The number of sulfonamides is 1. The summed E-state index contributed by atoms with van der Waals surface area (Å²) in [6.45, 7) is 5.87. The van der Waals surface area contributed by atoms with Crippen LogP contribution in [0.1, 0.15) is 23.1 Å². The number of nitrogens with one attached hydrogen (secondary N) is 2. The highest BCUT2D eigenvalue weighted by molar-refractivity contribution is 7.89. The van der Waals surface area contributed by atoms with Gasteiger partial charge in [-0.3, -0.25) is 4.79 Å². The fraction of sp³-hybridized carbons (Fsp3) is 0.316. The first-order valence-electron chi connectivity index (χ1n) is 8.27. The van der Waals surface area contributed by atoms with Crippen LogP contribution in [-0.4, -0.2) is 28.0 Å². The summed E-state index contributed by atoms with van der Waals surface area (Å²) in [5.41, 5.74) is 3.14. The Morgan fingerprint density at radius 3 is 2.42 bits per heavy atom. The molecule has 0 saturated heterocycles. The molecule has 2 aromatic carbocycles. The minimum atomic E-state index is -3.57. The highest BCUT2D eigenvalue weighted by Gasteiger charge is 2.15. The number of amides is 1. The summed E-state index contributed by atoms with van der Waals surface area (Å²) in [5, 5.41) is 2.71. The first-order chi connectivity index (χ1) is 12.2. The van der Waals surface area contributed by atoms with Gasteiger partial charge in [-0.2, -0.15) is 0 Å². The van der Waals surface area contributed by atoms with Crippen molar-refractivity contribution >= 4 is 21.6 Å². The van der Waals surface area contributed by atoms with E-state index in [0.29, 0.717) is 11.3 Å². The van der Waals surface area contributed by atoms with Crippen molar-refractivity contribution in [1.29, 1.82) is 0 Å². The molecule has 26 heavy (non-hydrogen) atoms. The lowest BCUT2D eigenvalue weighted by molar-refractivity contribution is -0.116. The topological polar surface area (TPSA) is 84.5 Å². The van der Waals surface area contributed by atoms with Gasteiger partial charge in [-0.25, -0.2) is 13.1 Å². The molecule has 2 rings (SSSR count). The Morgan fingerprint density at radius 1 is 1.04 bits per heavy atom. The van der Waals surface area contributed by atoms with E-state index in [1.165, 1.54) is 13.1 Å². The molecule has 1 amide bonds. The summed E-state index contributed by atoms with van der Waals surface area (Å²) in [7, 11) is -2.22. The fourth-order valence-corrected chi connectivity index (χ4v) is 3.41. The second-order valence-corrected chi connectivity index (χ2v) is 7.96. The van der Waals surface area contributed by atoms with Crippen LogP contribution < -0.4 is 14.8 Å². The van der Waals surface area contributed by atoms with Crippen molar-refractivity contribution in [2.45, 2.75) is 32.1 Å². The van der Waals surface area contributed by atoms with Crippen molar-refractivity contribution in [3.63, 3.8) is 0 Å². The summed E-state index contributed by atoms with van der Waals surface area (Å²) >= 11 is 0. The van der Waals surface area contributed by atoms with E-state index >= 15 is 0 Å². The van der Waals surface area contributed by atoms with Gasteiger partial charge in [0.2, 0.25) is 15.9 Å². The van der Waals surface area contributed by atoms with Gasteiger partial charge in [-0.05, 0) is 62.7 Å². The SMILES string of the molecule is CNS(=O)(=O)c1cc(NC(=O)CCOc2cc(C)ccc2C)ccc1C. The van der Waals surface area contributed by atoms with Gasteiger partial charge >= 0.3 is 0 Å². The van der Waals surface area contributed by atoms with Crippen molar-refractivity contribution in [2.75, 3.05) is 19.0 Å². The molecule has 0 spiro atoms. The van der Waals surface area contributed by atoms with E-state index in [9.17, 15) is 13.2 Å². The predicted molar refractivity (Wildman–Crippen MR) is 102 cm³/mol. The van der Waals surface area contributed by atoms with Crippen molar-refractivity contribution in [2.24, 2.45) is 0 Å². The smallest absolute Gasteiger partial charge is 0.240 e. The molecule has 0 fully saturated rings. The molecule has 0 aliphatic heterocycles. The lowest BCUT2D eigenvalue weighted by Gasteiger charge is -2.12. The Morgan fingerprint density at radius 2 is 1.73 bits per heavy atom. The fourth-order valence-electron chi connectivity index (χ4n) is 2.42. The third-order valence-electron chi connectivity index (χ3n) is 3.96. The van der Waals surface area contributed by atoms with Gasteiger partial charge < -0.3 is 10.1 Å². The third-order valence-corrected chi connectivity index (χ3v) is 5.52. The lowest BCUT2D eigenvalue weighted by atomic mass is 10.1. The minimum Gasteiger partial charge on any atom is -0.493 e. The second kappa shape index (κ2) is 8.33. The standard InChI is InChI=1S/C19H24N2O4S/c1-13-5-6-14(2)17(11-13)25-10-9-19(22)21-16-8-7-15(3)18(12-16)26(23,24)20-4/h5-8,11-12,20H,9-10H2,1-4H3,(H,21,22). The number of carbonyl (C=O) groups is 1. The number of benzene rings is 2. The highest BCUT2D eigenvalue weighted by Crippen LogP contribution is 2.21. The Bertz CT molecular complexity index is 908. The Balaban J connectivity index is 1.98. The summed E-state index contributed by atoms with van der Waals surface area (Å²) in [6.07, 6.45) is 0.162. The predicted octanol–water partition coefficient (Wildman–Crippen LogP) is 2.93. The summed E-state index contributed by atoms with van der Waals surface area (Å²) in [5.74, 6) is 0.516. The Labute approximate surface area is 154 Å². The lowest BCUT2D eigenvalue weighted by Crippen LogP contribution is -2.20. The van der Waals surface area contributed by atoms with Crippen LogP contribution in [0.5, 0.6) is 5.75 Å². The van der Waals surface area contributed by atoms with E-state index in [2.05, 4.69) is 10.0 Å². The zero-order valence-corrected chi connectivity index (χ0v) is 16.2. The molecule has 0 radical (unpaired) electrons. The van der Waals surface area contributed by atoms with Crippen LogP contribution in [0.2, 0.25) is 0 Å². The molecular weight excluding hydrogens is 352 g/mol. The maximum atomic E-state index is 12.1. The molecule has 0 saturated carbocycles. The maximum absolute atomic E-state index is 12.1. The van der Waals surface area contributed by atoms with E-state index < -0.39 is 10.0 Å². The van der Waals surface area contributed by atoms with Gasteiger partial charge in [0.15, 0.2) is 0 Å². The first kappa shape index (κ1) is 19.9. The van der Waals surface area contributed by atoms with Crippen LogP contribution in [0.4, 0.5) is 5.69 Å². The molecular formula is C19H24N2O4S. The number of aryl methyl sites for hydroxylation is 3. The molecule has 0 heterocycles. The van der Waals surface area contributed by atoms with Gasteiger partial charge in [0.25, 0.3) is 0 Å². The van der Waals surface area contributed by atoms with Gasteiger partial charge in [0, 0.05) is 5.69 Å². The zero-order valence-electron chi connectivity index (χ0n) is 15.4. The molecule has 0 aromatic heterocycles. The van der Waals surface area contributed by atoms with Gasteiger partial charge in [0.05, 0.1) is 17.9 Å². The van der Waals surface area contributed by atoms with E-state index in [0.717, 1.165) is 16.9 Å². The van der Waals surface area contributed by atoms with Crippen LogP contribution in [0.15, 0.2) is 41.3 Å². The van der Waals surface area contributed by atoms with Crippen molar-refractivity contribution in [1.82, 2.24) is 4.72 Å². The Hall–Kier alpha value is -2.38. The van der Waals surface area contributed by atoms with Crippen molar-refractivity contribution in [3.05, 3.63) is 53.1 Å². The number of ether oxygens (including phenoxy) is 1. The average molecular weight is 376 g/mol. The zero-order chi connectivity index (χ0) is 19.3. The minimum absolute atomic E-state index is 0.143. The second-order valence-electron chi connectivity index (χ2n) is 6.10. The first-order valence-corrected chi connectivity index (χ1v) is 9.75. The molecule has 0 aliphatic carbocycles. The molecule has 7 heteroatoms. The number of anilines is 1. The summed E-state index contributed by atoms with van der Waals surface area (Å²) in [6, 6.07) is 10.7. The summed E-state index contributed by atoms with van der Waals surface area (Å²) in [4.78, 5) is 12.3. The van der Waals surface area contributed by atoms with Crippen LogP contribution in [0.25, 0.3) is 0 Å². The molecule has 0 aliphatic rings. The largest absolute Gasteiger partial charge is 0.493 e. The van der Waals surface area contributed by atoms with E-state index in [1.807, 2.05) is 32.0 Å². The van der Waals surface area contributed by atoms with E-state index in [4.69, 9.17) is 4.74 Å². The quantitative estimate of drug-likeness (QED) is 0.778. The third kappa shape index (κ3) is 5.06. The van der Waals surface area contributed by atoms with Gasteiger partial charge in [-0.15, -0.1) is 0 Å². The Kier molecular flexibility index (Phi) is 6.39. The van der Waals surface area contributed by atoms with Crippen LogP contribution in [0, 0.1) is 20.8 Å². The average Bonchev–Trinajstić information content (AvgIpc) is 2.59. The normalized spacial score (nSPS) is 11.2. The molecule has 2 N–H and O–H groups in total. The maximum Gasteiger partial charge on any atom is 0.240 e. The molecule has 6 nitrogen and oxygen atoms in total. The summed E-state index contributed by atoms with van der Waals surface area (Å²) < 4.78 is 32.0. The molecule has 0 bridgehead atoms. The van der Waals surface area contributed by atoms with Gasteiger partial charge in [-0.1, -0.05) is 18.2 Å². The van der Waals surface area contributed by atoms with Crippen molar-refractivity contribution in [3.8, 4) is 5.75 Å².